The molecular weight excluding hydrogens is 464 g/mol. The highest BCUT2D eigenvalue weighted by Crippen LogP contribution is 2.41. The van der Waals surface area contributed by atoms with E-state index in [0.717, 1.165) is 29.5 Å². The van der Waals surface area contributed by atoms with Crippen LogP contribution in [0.2, 0.25) is 0 Å². The van der Waals surface area contributed by atoms with Crippen LogP contribution in [0, 0.1) is 11.3 Å². The molecule has 3 aromatic rings. The minimum Gasteiger partial charge on any atom is -0.334 e. The lowest BCUT2D eigenvalue weighted by atomic mass is 9.82. The number of rotatable bonds is 6. The van der Waals surface area contributed by atoms with Crippen molar-refractivity contribution in [2.75, 3.05) is 19.6 Å². The molecule has 2 heterocycles. The summed E-state index contributed by atoms with van der Waals surface area (Å²) in [5.41, 5.74) is 1.22. The second kappa shape index (κ2) is 10.4. The van der Waals surface area contributed by atoms with E-state index in [1.165, 1.54) is 9.91 Å². The van der Waals surface area contributed by atoms with Crippen molar-refractivity contribution in [1.82, 2.24) is 20.1 Å². The first-order valence-electron chi connectivity index (χ1n) is 12.6. The van der Waals surface area contributed by atoms with Gasteiger partial charge in [-0.15, -0.1) is 0 Å². The Morgan fingerprint density at radius 2 is 1.41 bits per heavy atom. The van der Waals surface area contributed by atoms with Crippen molar-refractivity contribution in [1.29, 1.82) is 5.41 Å². The minimum absolute atomic E-state index is 0.0132. The number of guanidine groups is 1. The molecule has 0 spiro atoms. The number of nitrogens with two attached hydrogens (primary N) is 1. The van der Waals surface area contributed by atoms with Gasteiger partial charge in [-0.2, -0.15) is 0 Å². The molecule has 0 bridgehead atoms. The van der Waals surface area contributed by atoms with Gasteiger partial charge in [-0.1, -0.05) is 91.0 Å². The van der Waals surface area contributed by atoms with E-state index in [-0.39, 0.29) is 23.8 Å². The predicted octanol–water partition coefficient (Wildman–Crippen LogP) is 3.50. The molecule has 8 nitrogen and oxygen atoms in total. The van der Waals surface area contributed by atoms with Crippen LogP contribution >= 0.6 is 0 Å². The number of nitrogens with one attached hydrogen (secondary N) is 2. The summed E-state index contributed by atoms with van der Waals surface area (Å²) in [5.74, 6) is 6.47. The highest BCUT2D eigenvalue weighted by molar-refractivity contribution is 6.10. The molecule has 2 aliphatic heterocycles. The Morgan fingerprint density at radius 1 is 0.892 bits per heavy atom. The predicted molar refractivity (Wildman–Crippen MR) is 142 cm³/mol. The quantitative estimate of drug-likeness (QED) is 0.454. The van der Waals surface area contributed by atoms with Crippen LogP contribution in [-0.2, 0) is 16.9 Å². The van der Waals surface area contributed by atoms with Crippen LogP contribution in [-0.4, -0.2) is 52.3 Å². The average molecular weight is 497 g/mol. The van der Waals surface area contributed by atoms with Crippen molar-refractivity contribution >= 4 is 17.9 Å². The summed E-state index contributed by atoms with van der Waals surface area (Å²) in [6, 6.07) is 28.6. The number of hydrogen-bond donors (Lipinski definition) is 3. The number of hydrazine groups is 1. The molecule has 2 aliphatic rings. The highest BCUT2D eigenvalue weighted by Gasteiger charge is 2.57. The fourth-order valence-electron chi connectivity index (χ4n) is 5.37. The van der Waals surface area contributed by atoms with Crippen molar-refractivity contribution in [3.05, 3.63) is 108 Å². The summed E-state index contributed by atoms with van der Waals surface area (Å²) < 4.78 is 0. The smallest absolute Gasteiger partial charge is 0.317 e. The van der Waals surface area contributed by atoms with Gasteiger partial charge in [0, 0.05) is 26.2 Å². The number of urea groups is 1. The average Bonchev–Trinajstić information content (AvgIpc) is 3.14. The minimum atomic E-state index is -1.29. The molecule has 5 rings (SSSR count). The largest absolute Gasteiger partial charge is 0.334 e. The summed E-state index contributed by atoms with van der Waals surface area (Å²) >= 11 is 0. The number of amides is 3. The lowest BCUT2D eigenvalue weighted by Crippen LogP contribution is -2.51. The van der Waals surface area contributed by atoms with Crippen molar-refractivity contribution in [3.63, 3.8) is 0 Å². The Kier molecular flexibility index (Phi) is 6.92. The van der Waals surface area contributed by atoms with Gasteiger partial charge in [0.15, 0.2) is 5.54 Å². The maximum atomic E-state index is 14.1. The Bertz CT molecular complexity index is 1200. The summed E-state index contributed by atoms with van der Waals surface area (Å²) in [4.78, 5) is 30.1. The number of carbonyl (C=O) groups is 2. The molecule has 37 heavy (non-hydrogen) atoms. The van der Waals surface area contributed by atoms with Gasteiger partial charge in [-0.05, 0) is 35.4 Å². The Morgan fingerprint density at radius 3 is 1.95 bits per heavy atom. The van der Waals surface area contributed by atoms with E-state index < -0.39 is 5.54 Å². The Labute approximate surface area is 217 Å². The zero-order valence-corrected chi connectivity index (χ0v) is 20.7. The van der Waals surface area contributed by atoms with Crippen molar-refractivity contribution < 1.29 is 9.59 Å². The van der Waals surface area contributed by atoms with Gasteiger partial charge in [0.05, 0.1) is 0 Å². The monoisotopic (exact) mass is 496 g/mol. The first-order valence-corrected chi connectivity index (χ1v) is 12.6. The highest BCUT2D eigenvalue weighted by atomic mass is 16.2. The molecule has 3 amide bonds. The lowest BCUT2D eigenvalue weighted by Gasteiger charge is -2.34. The zero-order valence-electron chi connectivity index (χ0n) is 20.7. The number of likely N-dealkylation sites (tertiary alicyclic amines) is 1. The third-order valence-electron chi connectivity index (χ3n) is 7.41. The van der Waals surface area contributed by atoms with E-state index in [9.17, 15) is 9.59 Å². The molecule has 4 N–H and O–H groups in total. The van der Waals surface area contributed by atoms with Gasteiger partial charge >= 0.3 is 6.03 Å². The van der Waals surface area contributed by atoms with Crippen molar-refractivity contribution in [2.24, 2.45) is 11.8 Å². The van der Waals surface area contributed by atoms with Crippen LogP contribution in [0.4, 0.5) is 4.79 Å². The van der Waals surface area contributed by atoms with Crippen LogP contribution < -0.4 is 11.2 Å². The zero-order chi connectivity index (χ0) is 25.8. The van der Waals surface area contributed by atoms with E-state index in [1.807, 2.05) is 95.9 Å². The number of nitrogens with zero attached hydrogens (tertiary/aromatic N) is 3. The third kappa shape index (κ3) is 4.56. The van der Waals surface area contributed by atoms with Crippen LogP contribution in [0.3, 0.4) is 0 Å². The van der Waals surface area contributed by atoms with E-state index >= 15 is 0 Å². The van der Waals surface area contributed by atoms with Crippen LogP contribution in [0.1, 0.15) is 29.5 Å². The summed E-state index contributed by atoms with van der Waals surface area (Å²) in [6.45, 7) is 2.10. The molecule has 0 atom stereocenters. The number of hydrogen-bond acceptors (Lipinski definition) is 4. The Balaban J connectivity index is 1.27. The van der Waals surface area contributed by atoms with Gasteiger partial charge in [0.2, 0.25) is 5.96 Å². The van der Waals surface area contributed by atoms with Crippen LogP contribution in [0.15, 0.2) is 91.0 Å². The van der Waals surface area contributed by atoms with Crippen molar-refractivity contribution in [3.8, 4) is 0 Å². The van der Waals surface area contributed by atoms with Gasteiger partial charge in [-0.3, -0.25) is 20.1 Å². The second-order valence-corrected chi connectivity index (χ2v) is 9.63. The van der Waals surface area contributed by atoms with Crippen LogP contribution in [0.5, 0.6) is 0 Å². The molecular formula is C29H32N6O2. The van der Waals surface area contributed by atoms with Crippen LogP contribution in [0.25, 0.3) is 0 Å². The van der Waals surface area contributed by atoms with E-state index in [2.05, 4.69) is 5.32 Å². The normalized spacial score (nSPS) is 17.8. The molecule has 0 unspecified atom stereocenters. The summed E-state index contributed by atoms with van der Waals surface area (Å²) in [5, 5.41) is 13.1. The first-order chi connectivity index (χ1) is 18.0. The fraction of sp³-hybridized carbons (Fsp3) is 0.276. The molecule has 0 aromatic heterocycles. The number of benzene rings is 3. The molecule has 0 aliphatic carbocycles. The molecule has 0 saturated carbocycles. The molecule has 190 valence electrons. The van der Waals surface area contributed by atoms with Gasteiger partial charge in [0.25, 0.3) is 5.91 Å². The maximum Gasteiger partial charge on any atom is 0.317 e. The van der Waals surface area contributed by atoms with Gasteiger partial charge < -0.3 is 10.2 Å². The third-order valence-corrected chi connectivity index (χ3v) is 7.41. The Hall–Kier alpha value is -4.17. The van der Waals surface area contributed by atoms with Gasteiger partial charge in [0.1, 0.15) is 0 Å². The van der Waals surface area contributed by atoms with E-state index in [4.69, 9.17) is 11.3 Å². The SMILES string of the molecule is N=C1N(CC2CCN(C(=O)NCc3ccccc3)CC2)C(=O)C(c2ccccc2)(c2ccccc2)N1N. The molecule has 0 radical (unpaired) electrons. The van der Waals surface area contributed by atoms with Gasteiger partial charge in [-0.25, -0.2) is 10.6 Å². The summed E-state index contributed by atoms with van der Waals surface area (Å²) in [7, 11) is 0. The number of carbonyl (C=O) groups excluding carboxylic acids is 2. The first kappa shape index (κ1) is 24.5. The molecule has 3 aromatic carbocycles. The molecule has 8 heteroatoms. The fourth-order valence-corrected chi connectivity index (χ4v) is 5.37. The lowest BCUT2D eigenvalue weighted by molar-refractivity contribution is -0.132. The van der Waals surface area contributed by atoms with Crippen molar-refractivity contribution in [2.45, 2.75) is 24.9 Å². The van der Waals surface area contributed by atoms with E-state index in [1.54, 1.807) is 0 Å². The topological polar surface area (TPSA) is 106 Å². The maximum absolute atomic E-state index is 14.1. The molecule has 2 fully saturated rings. The molecule has 2 saturated heterocycles. The second-order valence-electron chi connectivity index (χ2n) is 9.63. The standard InChI is InChI=1S/C29H32N6O2/c30-27-34(21-23-16-18-33(19-17-23)28(37)32-20-22-10-4-1-5-11-22)26(36)29(35(27)31,24-12-6-2-7-13-24)25-14-8-3-9-15-25/h1-15,23,30H,16-21,31H2,(H,32,37). The van der Waals surface area contributed by atoms with E-state index in [0.29, 0.717) is 26.2 Å². The summed E-state index contributed by atoms with van der Waals surface area (Å²) in [6.07, 6.45) is 1.51. The number of piperidine rings is 1.